The largest absolute Gasteiger partial charge is 0.463 e. The Hall–Kier alpha value is -1.12. The third-order valence-corrected chi connectivity index (χ3v) is 1.33. The molecule has 0 saturated heterocycles. The fourth-order valence-corrected chi connectivity index (χ4v) is 0.696. The normalized spacial score (nSPS) is 11.0. The number of aldehydes is 1. The number of carbonyl (C=O) groups excluding carboxylic acids is 2. The summed E-state index contributed by atoms with van der Waals surface area (Å²) in [6.07, 6.45) is 3.60. The quantitative estimate of drug-likeness (QED) is 0.271. The van der Waals surface area contributed by atoms with Gasteiger partial charge in [-0.05, 0) is 20.3 Å². The van der Waals surface area contributed by atoms with E-state index in [0.29, 0.717) is 25.0 Å². The number of allylic oxidation sites excluding steroid dienone is 1. The van der Waals surface area contributed by atoms with Crippen LogP contribution in [0.15, 0.2) is 11.6 Å². The van der Waals surface area contributed by atoms with Crippen molar-refractivity contribution in [3.8, 4) is 0 Å². The molecule has 0 aromatic rings. The van der Waals surface area contributed by atoms with E-state index in [0.717, 1.165) is 6.29 Å². The van der Waals surface area contributed by atoms with Crippen LogP contribution in [0.25, 0.3) is 0 Å². The van der Waals surface area contributed by atoms with Crippen LogP contribution in [0.1, 0.15) is 26.7 Å². The van der Waals surface area contributed by atoms with Crippen LogP contribution < -0.4 is 0 Å². The topological polar surface area (TPSA) is 43.4 Å². The Balaban J connectivity index is 3.81. The molecule has 0 unspecified atom stereocenters. The summed E-state index contributed by atoms with van der Waals surface area (Å²) < 4.78 is 4.74. The van der Waals surface area contributed by atoms with Crippen molar-refractivity contribution < 1.29 is 14.3 Å². The molecule has 0 amide bonds. The number of hydrogen-bond acceptors (Lipinski definition) is 3. The van der Waals surface area contributed by atoms with E-state index in [9.17, 15) is 9.59 Å². The van der Waals surface area contributed by atoms with Crippen molar-refractivity contribution in [3.63, 3.8) is 0 Å². The molecule has 0 fully saturated rings. The van der Waals surface area contributed by atoms with Crippen LogP contribution in [0, 0.1) is 0 Å². The van der Waals surface area contributed by atoms with Gasteiger partial charge in [-0.2, -0.15) is 0 Å². The first-order valence-electron chi connectivity index (χ1n) is 3.99. The summed E-state index contributed by atoms with van der Waals surface area (Å²) in [5.41, 5.74) is 0.568. The zero-order valence-electron chi connectivity index (χ0n) is 7.50. The first-order valence-corrected chi connectivity index (χ1v) is 3.99. The van der Waals surface area contributed by atoms with E-state index in [-0.39, 0.29) is 5.97 Å². The van der Waals surface area contributed by atoms with Gasteiger partial charge in [0.15, 0.2) is 0 Å². The van der Waals surface area contributed by atoms with Crippen LogP contribution in [0.2, 0.25) is 0 Å². The highest BCUT2D eigenvalue weighted by molar-refractivity contribution is 5.87. The molecule has 68 valence electrons. The van der Waals surface area contributed by atoms with E-state index in [2.05, 4.69) is 0 Å². The van der Waals surface area contributed by atoms with Gasteiger partial charge in [-0.15, -0.1) is 0 Å². The standard InChI is InChI=1S/C9H14O3/c1-3-12-9(11)8(2)6-4-5-7-10/h6-7H,3-5H2,1-2H3/b8-6-. The predicted octanol–water partition coefficient (Wildman–Crippen LogP) is 1.47. The lowest BCUT2D eigenvalue weighted by Gasteiger charge is -1.99. The van der Waals surface area contributed by atoms with Crippen molar-refractivity contribution in [3.05, 3.63) is 11.6 Å². The number of hydrogen-bond donors (Lipinski definition) is 0. The lowest BCUT2D eigenvalue weighted by atomic mass is 10.2. The minimum Gasteiger partial charge on any atom is -0.463 e. The number of esters is 1. The lowest BCUT2D eigenvalue weighted by molar-refractivity contribution is -0.138. The molecule has 0 spiro atoms. The minimum absolute atomic E-state index is 0.302. The second-order valence-corrected chi connectivity index (χ2v) is 2.35. The third kappa shape index (κ3) is 4.66. The fraction of sp³-hybridized carbons (Fsp3) is 0.556. The maximum Gasteiger partial charge on any atom is 0.333 e. The van der Waals surface area contributed by atoms with Gasteiger partial charge >= 0.3 is 5.97 Å². The second kappa shape index (κ2) is 6.58. The smallest absolute Gasteiger partial charge is 0.333 e. The molecule has 0 aliphatic carbocycles. The molecular weight excluding hydrogens is 156 g/mol. The zero-order valence-corrected chi connectivity index (χ0v) is 7.50. The Labute approximate surface area is 72.4 Å². The van der Waals surface area contributed by atoms with Crippen molar-refractivity contribution in [2.75, 3.05) is 6.61 Å². The molecule has 12 heavy (non-hydrogen) atoms. The van der Waals surface area contributed by atoms with Crippen molar-refractivity contribution in [1.82, 2.24) is 0 Å². The summed E-state index contributed by atoms with van der Waals surface area (Å²) in [4.78, 5) is 20.9. The summed E-state index contributed by atoms with van der Waals surface area (Å²) in [6, 6.07) is 0. The van der Waals surface area contributed by atoms with E-state index in [1.54, 1.807) is 19.9 Å². The highest BCUT2D eigenvalue weighted by atomic mass is 16.5. The second-order valence-electron chi connectivity index (χ2n) is 2.35. The van der Waals surface area contributed by atoms with Gasteiger partial charge in [-0.1, -0.05) is 6.08 Å². The van der Waals surface area contributed by atoms with Crippen molar-refractivity contribution >= 4 is 12.3 Å². The van der Waals surface area contributed by atoms with E-state index < -0.39 is 0 Å². The average molecular weight is 170 g/mol. The molecule has 0 saturated carbocycles. The maximum atomic E-state index is 11.0. The monoisotopic (exact) mass is 170 g/mol. The Morgan fingerprint density at radius 2 is 2.08 bits per heavy atom. The van der Waals surface area contributed by atoms with Crippen LogP contribution >= 0.6 is 0 Å². The van der Waals surface area contributed by atoms with Gasteiger partial charge in [-0.25, -0.2) is 4.79 Å². The Kier molecular flexibility index (Phi) is 5.97. The SMILES string of the molecule is CCOC(=O)/C(C)=C\CCC=O. The summed E-state index contributed by atoms with van der Waals surface area (Å²) >= 11 is 0. The van der Waals surface area contributed by atoms with Gasteiger partial charge < -0.3 is 9.53 Å². The molecule has 0 aromatic heterocycles. The molecule has 0 aliphatic rings. The highest BCUT2D eigenvalue weighted by Crippen LogP contribution is 1.99. The maximum absolute atomic E-state index is 11.0. The number of unbranched alkanes of at least 4 members (excludes halogenated alkanes) is 1. The van der Waals surface area contributed by atoms with Crippen LogP contribution in [-0.4, -0.2) is 18.9 Å². The lowest BCUT2D eigenvalue weighted by Crippen LogP contribution is -2.04. The molecule has 3 nitrogen and oxygen atoms in total. The number of carbonyl (C=O) groups is 2. The molecule has 0 aliphatic heterocycles. The van der Waals surface area contributed by atoms with Crippen molar-refractivity contribution in [2.24, 2.45) is 0 Å². The number of rotatable bonds is 5. The molecule has 3 heteroatoms. The van der Waals surface area contributed by atoms with Gasteiger partial charge in [0, 0.05) is 12.0 Å². The predicted molar refractivity (Wildman–Crippen MR) is 45.7 cm³/mol. The number of ether oxygens (including phenoxy) is 1. The van der Waals surface area contributed by atoms with Gasteiger partial charge in [0.1, 0.15) is 6.29 Å². The van der Waals surface area contributed by atoms with Crippen LogP contribution in [0.4, 0.5) is 0 Å². The first kappa shape index (κ1) is 10.9. The van der Waals surface area contributed by atoms with Gasteiger partial charge in [-0.3, -0.25) is 0 Å². The molecule has 0 aromatic carbocycles. The van der Waals surface area contributed by atoms with E-state index in [4.69, 9.17) is 4.74 Å². The van der Waals surface area contributed by atoms with Crippen LogP contribution in [0.5, 0.6) is 0 Å². The summed E-state index contributed by atoms with van der Waals surface area (Å²) in [5, 5.41) is 0. The van der Waals surface area contributed by atoms with E-state index >= 15 is 0 Å². The summed E-state index contributed by atoms with van der Waals surface area (Å²) in [6.45, 7) is 3.83. The van der Waals surface area contributed by atoms with Crippen molar-refractivity contribution in [1.29, 1.82) is 0 Å². The van der Waals surface area contributed by atoms with E-state index in [1.165, 1.54) is 0 Å². The first-order chi connectivity index (χ1) is 5.72. The van der Waals surface area contributed by atoms with E-state index in [1.807, 2.05) is 0 Å². The molecular formula is C9H14O3. The van der Waals surface area contributed by atoms with Crippen LogP contribution in [0.3, 0.4) is 0 Å². The van der Waals surface area contributed by atoms with Crippen molar-refractivity contribution in [2.45, 2.75) is 26.7 Å². The molecule has 0 rings (SSSR count). The average Bonchev–Trinajstić information content (AvgIpc) is 2.05. The zero-order chi connectivity index (χ0) is 9.40. The highest BCUT2D eigenvalue weighted by Gasteiger charge is 2.02. The molecule has 0 radical (unpaired) electrons. The molecule has 0 heterocycles. The Morgan fingerprint density at radius 3 is 2.58 bits per heavy atom. The molecule has 0 atom stereocenters. The Morgan fingerprint density at radius 1 is 1.42 bits per heavy atom. The minimum atomic E-state index is -0.302. The van der Waals surface area contributed by atoms with Gasteiger partial charge in [0.25, 0.3) is 0 Å². The summed E-state index contributed by atoms with van der Waals surface area (Å²) in [5.74, 6) is -0.302. The van der Waals surface area contributed by atoms with Crippen LogP contribution in [-0.2, 0) is 14.3 Å². The van der Waals surface area contributed by atoms with Gasteiger partial charge in [0.2, 0.25) is 0 Å². The fourth-order valence-electron chi connectivity index (χ4n) is 0.696. The summed E-state index contributed by atoms with van der Waals surface area (Å²) in [7, 11) is 0. The Bertz CT molecular complexity index is 182. The molecule has 0 N–H and O–H groups in total. The molecule has 0 bridgehead atoms. The van der Waals surface area contributed by atoms with Gasteiger partial charge in [0.05, 0.1) is 6.61 Å². The third-order valence-electron chi connectivity index (χ3n) is 1.33.